The van der Waals surface area contributed by atoms with Gasteiger partial charge in [0.25, 0.3) is 0 Å². The number of hydrogen-bond donors (Lipinski definition) is 1. The molecule has 0 aliphatic heterocycles. The summed E-state index contributed by atoms with van der Waals surface area (Å²) in [7, 11) is 0. The van der Waals surface area contributed by atoms with Gasteiger partial charge in [-0.15, -0.1) is 0 Å². The van der Waals surface area contributed by atoms with E-state index >= 15 is 0 Å². The van der Waals surface area contributed by atoms with Gasteiger partial charge in [0.2, 0.25) is 0 Å². The molecule has 1 N–H and O–H groups in total. The predicted molar refractivity (Wildman–Crippen MR) is 68.3 cm³/mol. The highest BCUT2D eigenvalue weighted by Gasteiger charge is 1.91. The molecule has 3 heteroatoms. The molecule has 0 saturated carbocycles. The van der Waals surface area contributed by atoms with Crippen LogP contribution < -0.4 is 0 Å². The van der Waals surface area contributed by atoms with E-state index in [0.29, 0.717) is 0 Å². The standard InChI is InChI=1S/C12H10.C2H3N3/c1-3-7-11(8-4-1)12-9-5-2-6-10-12;1-2-4-5-3-1/h1-10H;1-2H,(H,3,4,5). The van der Waals surface area contributed by atoms with Crippen LogP contribution in [0.4, 0.5) is 0 Å². The molecule has 0 spiro atoms. The van der Waals surface area contributed by atoms with Crippen LogP contribution in [0.15, 0.2) is 73.1 Å². The second kappa shape index (κ2) is 6.23. The first-order valence-electron chi connectivity index (χ1n) is 5.37. The zero-order valence-electron chi connectivity index (χ0n) is 9.32. The minimum atomic E-state index is 1.28. The van der Waals surface area contributed by atoms with Crippen molar-refractivity contribution in [3.05, 3.63) is 73.1 Å². The Morgan fingerprint density at radius 2 is 1.00 bits per heavy atom. The van der Waals surface area contributed by atoms with Crippen LogP contribution >= 0.6 is 0 Å². The Kier molecular flexibility index (Phi) is 4.06. The lowest BCUT2D eigenvalue weighted by Gasteiger charge is -1.98. The third kappa shape index (κ3) is 3.57. The van der Waals surface area contributed by atoms with Gasteiger partial charge in [0.05, 0.1) is 12.4 Å². The maximum atomic E-state index is 3.49. The SMILES string of the molecule is c1ccc(-c2ccccc2)cc1.c1cn[nH]n1. The minimum Gasteiger partial charge on any atom is -0.198 e. The molecule has 1 heterocycles. The van der Waals surface area contributed by atoms with E-state index in [-0.39, 0.29) is 0 Å². The van der Waals surface area contributed by atoms with E-state index in [9.17, 15) is 0 Å². The molecular formula is C14H13N3. The van der Waals surface area contributed by atoms with Crippen molar-refractivity contribution in [2.75, 3.05) is 0 Å². The average Bonchev–Trinajstić information content (AvgIpc) is 3.00. The molecule has 0 fully saturated rings. The number of rotatable bonds is 1. The second-order valence-corrected chi connectivity index (χ2v) is 3.39. The highest BCUT2D eigenvalue weighted by Crippen LogP contribution is 2.17. The summed E-state index contributed by atoms with van der Waals surface area (Å²) in [4.78, 5) is 0. The zero-order chi connectivity index (χ0) is 11.8. The molecular weight excluding hydrogens is 210 g/mol. The Balaban J connectivity index is 0.000000181. The van der Waals surface area contributed by atoms with E-state index in [2.05, 4.69) is 63.9 Å². The van der Waals surface area contributed by atoms with Crippen LogP contribution in [0.1, 0.15) is 0 Å². The van der Waals surface area contributed by atoms with E-state index in [1.807, 2.05) is 12.1 Å². The quantitative estimate of drug-likeness (QED) is 0.688. The summed E-state index contributed by atoms with van der Waals surface area (Å²) >= 11 is 0. The molecule has 84 valence electrons. The number of nitrogens with one attached hydrogen (secondary N) is 1. The largest absolute Gasteiger partial charge is 0.198 e. The smallest absolute Gasteiger partial charge is 0.0690 e. The number of aromatic nitrogens is 3. The average molecular weight is 223 g/mol. The van der Waals surface area contributed by atoms with Crippen LogP contribution in [0.5, 0.6) is 0 Å². The van der Waals surface area contributed by atoms with Crippen LogP contribution in [0, 0.1) is 0 Å². The van der Waals surface area contributed by atoms with Crippen molar-refractivity contribution in [2.45, 2.75) is 0 Å². The van der Waals surface area contributed by atoms with E-state index < -0.39 is 0 Å². The third-order valence-corrected chi connectivity index (χ3v) is 2.21. The van der Waals surface area contributed by atoms with Gasteiger partial charge in [0.1, 0.15) is 0 Å². The summed E-state index contributed by atoms with van der Waals surface area (Å²) in [5, 5.41) is 9.33. The summed E-state index contributed by atoms with van der Waals surface area (Å²) in [6.45, 7) is 0. The first kappa shape index (κ1) is 11.1. The Hall–Kier alpha value is -2.42. The van der Waals surface area contributed by atoms with Gasteiger partial charge < -0.3 is 0 Å². The topological polar surface area (TPSA) is 41.6 Å². The van der Waals surface area contributed by atoms with Crippen LogP contribution in [0.3, 0.4) is 0 Å². The molecule has 0 unspecified atom stereocenters. The summed E-state index contributed by atoms with van der Waals surface area (Å²) in [5.41, 5.74) is 2.55. The first-order valence-corrected chi connectivity index (χ1v) is 5.37. The van der Waals surface area contributed by atoms with Gasteiger partial charge in [-0.25, -0.2) is 0 Å². The van der Waals surface area contributed by atoms with Gasteiger partial charge in [-0.05, 0) is 11.1 Å². The first-order chi connectivity index (χ1) is 8.47. The molecule has 3 aromatic rings. The van der Waals surface area contributed by atoms with Gasteiger partial charge in [0, 0.05) is 0 Å². The second-order valence-electron chi connectivity index (χ2n) is 3.39. The molecule has 0 saturated heterocycles. The molecule has 17 heavy (non-hydrogen) atoms. The van der Waals surface area contributed by atoms with Crippen molar-refractivity contribution >= 4 is 0 Å². The summed E-state index contributed by atoms with van der Waals surface area (Å²) < 4.78 is 0. The Morgan fingerprint density at radius 3 is 1.29 bits per heavy atom. The number of benzene rings is 2. The lowest BCUT2D eigenvalue weighted by atomic mass is 10.1. The summed E-state index contributed by atoms with van der Waals surface area (Å²) in [6, 6.07) is 20.8. The van der Waals surface area contributed by atoms with Gasteiger partial charge in [-0.3, -0.25) is 0 Å². The fraction of sp³-hybridized carbons (Fsp3) is 0. The number of hydrogen-bond acceptors (Lipinski definition) is 2. The predicted octanol–water partition coefficient (Wildman–Crippen LogP) is 3.16. The number of nitrogens with zero attached hydrogens (tertiary/aromatic N) is 2. The van der Waals surface area contributed by atoms with Crippen LogP contribution in [0.2, 0.25) is 0 Å². The number of aromatic amines is 1. The van der Waals surface area contributed by atoms with Crippen molar-refractivity contribution < 1.29 is 0 Å². The molecule has 0 radical (unpaired) electrons. The number of H-pyrrole nitrogens is 1. The summed E-state index contributed by atoms with van der Waals surface area (Å²) in [6.07, 6.45) is 3.17. The molecule has 0 amide bonds. The lowest BCUT2D eigenvalue weighted by Crippen LogP contribution is -1.73. The van der Waals surface area contributed by atoms with E-state index in [1.165, 1.54) is 11.1 Å². The molecule has 2 aromatic carbocycles. The lowest BCUT2D eigenvalue weighted by molar-refractivity contribution is 0.940. The van der Waals surface area contributed by atoms with Crippen molar-refractivity contribution in [2.24, 2.45) is 0 Å². The summed E-state index contributed by atoms with van der Waals surface area (Å²) in [5.74, 6) is 0. The van der Waals surface area contributed by atoms with E-state index in [0.717, 1.165) is 0 Å². The minimum absolute atomic E-state index is 1.28. The molecule has 0 atom stereocenters. The Morgan fingerprint density at radius 1 is 0.588 bits per heavy atom. The zero-order valence-corrected chi connectivity index (χ0v) is 9.32. The van der Waals surface area contributed by atoms with Crippen molar-refractivity contribution in [3.8, 4) is 11.1 Å². The maximum Gasteiger partial charge on any atom is 0.0690 e. The normalized spacial score (nSPS) is 9.18. The molecule has 0 bridgehead atoms. The van der Waals surface area contributed by atoms with Crippen LogP contribution in [-0.4, -0.2) is 15.4 Å². The third-order valence-electron chi connectivity index (χ3n) is 2.21. The molecule has 1 aromatic heterocycles. The van der Waals surface area contributed by atoms with Gasteiger partial charge in [-0.1, -0.05) is 60.7 Å². The van der Waals surface area contributed by atoms with Crippen molar-refractivity contribution in [1.82, 2.24) is 15.4 Å². The van der Waals surface area contributed by atoms with Crippen molar-refractivity contribution in [3.63, 3.8) is 0 Å². The monoisotopic (exact) mass is 223 g/mol. The molecule has 3 nitrogen and oxygen atoms in total. The van der Waals surface area contributed by atoms with Gasteiger partial charge in [0.15, 0.2) is 0 Å². The van der Waals surface area contributed by atoms with Gasteiger partial charge in [-0.2, -0.15) is 15.4 Å². The molecule has 3 rings (SSSR count). The maximum absolute atomic E-state index is 3.49. The van der Waals surface area contributed by atoms with Crippen LogP contribution in [-0.2, 0) is 0 Å². The molecule has 0 aliphatic carbocycles. The fourth-order valence-corrected chi connectivity index (χ4v) is 1.43. The highest BCUT2D eigenvalue weighted by molar-refractivity contribution is 5.62. The molecule has 0 aliphatic rings. The van der Waals surface area contributed by atoms with Gasteiger partial charge >= 0.3 is 0 Å². The van der Waals surface area contributed by atoms with Crippen molar-refractivity contribution in [1.29, 1.82) is 0 Å². The Bertz CT molecular complexity index is 449. The Labute approximate surface area is 100 Å². The highest BCUT2D eigenvalue weighted by atomic mass is 15.3. The fourth-order valence-electron chi connectivity index (χ4n) is 1.43. The van der Waals surface area contributed by atoms with E-state index in [1.54, 1.807) is 12.4 Å². The van der Waals surface area contributed by atoms with E-state index in [4.69, 9.17) is 0 Å². The van der Waals surface area contributed by atoms with Crippen LogP contribution in [0.25, 0.3) is 11.1 Å².